The van der Waals surface area contributed by atoms with Gasteiger partial charge in [0.05, 0.1) is 33.0 Å². The summed E-state index contributed by atoms with van der Waals surface area (Å²) in [7, 11) is 5.17. The minimum absolute atomic E-state index is 0.291. The van der Waals surface area contributed by atoms with Crippen molar-refractivity contribution in [2.24, 2.45) is 4.99 Å². The maximum atomic E-state index is 5.48. The Labute approximate surface area is 163 Å². The second-order valence-electron chi connectivity index (χ2n) is 6.52. The number of methoxy groups -OCH3 is 2. The largest absolute Gasteiger partial charge is 0.497 e. The van der Waals surface area contributed by atoms with Crippen LogP contribution in [0.15, 0.2) is 29.3 Å². The van der Waals surface area contributed by atoms with Gasteiger partial charge >= 0.3 is 0 Å². The zero-order chi connectivity index (χ0) is 19.3. The summed E-state index contributed by atoms with van der Waals surface area (Å²) in [6.45, 7) is 5.60. The van der Waals surface area contributed by atoms with Gasteiger partial charge in [-0.25, -0.2) is 0 Å². The van der Waals surface area contributed by atoms with E-state index in [1.54, 1.807) is 21.3 Å². The summed E-state index contributed by atoms with van der Waals surface area (Å²) in [5, 5.41) is 6.76. The normalized spacial score (nSPS) is 16.3. The molecule has 1 aliphatic rings. The van der Waals surface area contributed by atoms with Crippen molar-refractivity contribution in [1.82, 2.24) is 15.5 Å². The monoisotopic (exact) mass is 378 g/mol. The van der Waals surface area contributed by atoms with Gasteiger partial charge in [-0.3, -0.25) is 9.89 Å². The van der Waals surface area contributed by atoms with E-state index in [0.29, 0.717) is 32.4 Å². The van der Waals surface area contributed by atoms with Gasteiger partial charge < -0.3 is 24.8 Å². The minimum Gasteiger partial charge on any atom is -0.497 e. The molecule has 1 fully saturated rings. The topological polar surface area (TPSA) is 67.4 Å². The number of nitrogens with zero attached hydrogens (tertiary/aromatic N) is 2. The molecule has 2 N–H and O–H groups in total. The summed E-state index contributed by atoms with van der Waals surface area (Å²) < 4.78 is 15.9. The van der Waals surface area contributed by atoms with Gasteiger partial charge in [0, 0.05) is 27.2 Å². The lowest BCUT2D eigenvalue weighted by Gasteiger charge is -2.29. The van der Waals surface area contributed by atoms with Gasteiger partial charge in [-0.05, 0) is 43.6 Å². The summed E-state index contributed by atoms with van der Waals surface area (Å²) in [6, 6.07) is 8.64. The number of rotatable bonds is 11. The molecule has 152 valence electrons. The predicted octanol–water partition coefficient (Wildman–Crippen LogP) is 1.66. The number of guanidine groups is 1. The SMILES string of the molecule is CN=C(NCCOCCOC)NCC(c1cccc(OC)c1)N1CCCC1. The molecule has 7 heteroatoms. The van der Waals surface area contributed by atoms with E-state index in [0.717, 1.165) is 31.3 Å². The molecule has 0 bridgehead atoms. The zero-order valence-electron chi connectivity index (χ0n) is 16.9. The standard InChI is InChI=1S/C20H34N4O3/c1-21-20(22-9-12-27-14-13-25-2)23-16-19(24-10-4-5-11-24)17-7-6-8-18(15-17)26-3/h6-8,15,19H,4-5,9-14,16H2,1-3H3,(H2,21,22,23). The highest BCUT2D eigenvalue weighted by Gasteiger charge is 2.24. The Kier molecular flexibility index (Phi) is 9.97. The van der Waals surface area contributed by atoms with E-state index in [-0.39, 0.29) is 0 Å². The second kappa shape index (κ2) is 12.5. The van der Waals surface area contributed by atoms with Gasteiger partial charge in [-0.15, -0.1) is 0 Å². The second-order valence-corrected chi connectivity index (χ2v) is 6.52. The summed E-state index contributed by atoms with van der Waals surface area (Å²) in [4.78, 5) is 6.85. The van der Waals surface area contributed by atoms with Crippen molar-refractivity contribution in [2.45, 2.75) is 18.9 Å². The molecular formula is C20H34N4O3. The number of hydrogen-bond acceptors (Lipinski definition) is 5. The molecule has 1 aromatic rings. The smallest absolute Gasteiger partial charge is 0.191 e. The molecule has 2 rings (SSSR count). The Morgan fingerprint density at radius 3 is 2.67 bits per heavy atom. The lowest BCUT2D eigenvalue weighted by molar-refractivity contribution is 0.0733. The van der Waals surface area contributed by atoms with Crippen LogP contribution in [-0.2, 0) is 9.47 Å². The maximum Gasteiger partial charge on any atom is 0.191 e. The number of ether oxygens (including phenoxy) is 3. The van der Waals surface area contributed by atoms with E-state index in [2.05, 4.69) is 38.7 Å². The van der Waals surface area contributed by atoms with Crippen LogP contribution in [0.4, 0.5) is 0 Å². The molecule has 0 saturated carbocycles. The van der Waals surface area contributed by atoms with Crippen LogP contribution in [0.2, 0.25) is 0 Å². The summed E-state index contributed by atoms with van der Waals surface area (Å²) in [5.74, 6) is 1.69. The first-order valence-corrected chi connectivity index (χ1v) is 9.67. The van der Waals surface area contributed by atoms with E-state index >= 15 is 0 Å². The van der Waals surface area contributed by atoms with Crippen molar-refractivity contribution in [3.63, 3.8) is 0 Å². The number of nitrogens with one attached hydrogen (secondary N) is 2. The highest BCUT2D eigenvalue weighted by Crippen LogP contribution is 2.27. The lowest BCUT2D eigenvalue weighted by Crippen LogP contribution is -2.43. The molecule has 0 aromatic heterocycles. The van der Waals surface area contributed by atoms with E-state index in [9.17, 15) is 0 Å². The van der Waals surface area contributed by atoms with Gasteiger partial charge in [0.1, 0.15) is 5.75 Å². The van der Waals surface area contributed by atoms with Crippen molar-refractivity contribution in [3.8, 4) is 5.75 Å². The highest BCUT2D eigenvalue weighted by molar-refractivity contribution is 5.79. The van der Waals surface area contributed by atoms with Gasteiger partial charge in [-0.2, -0.15) is 0 Å². The van der Waals surface area contributed by atoms with Crippen molar-refractivity contribution in [3.05, 3.63) is 29.8 Å². The van der Waals surface area contributed by atoms with Crippen molar-refractivity contribution in [1.29, 1.82) is 0 Å². The Morgan fingerprint density at radius 1 is 1.15 bits per heavy atom. The van der Waals surface area contributed by atoms with Crippen LogP contribution < -0.4 is 15.4 Å². The van der Waals surface area contributed by atoms with Crippen LogP contribution in [0.3, 0.4) is 0 Å². The third-order valence-electron chi connectivity index (χ3n) is 4.72. The Hall–Kier alpha value is -1.83. The number of aliphatic imine (C=N–C) groups is 1. The predicted molar refractivity (Wildman–Crippen MR) is 109 cm³/mol. The molecule has 27 heavy (non-hydrogen) atoms. The molecule has 1 unspecified atom stereocenters. The van der Waals surface area contributed by atoms with Crippen LogP contribution in [0.1, 0.15) is 24.4 Å². The number of likely N-dealkylation sites (tertiary alicyclic amines) is 1. The van der Waals surface area contributed by atoms with Crippen molar-refractivity contribution >= 4 is 5.96 Å². The molecule has 0 aliphatic carbocycles. The molecule has 7 nitrogen and oxygen atoms in total. The highest BCUT2D eigenvalue weighted by atomic mass is 16.5. The third kappa shape index (κ3) is 7.36. The van der Waals surface area contributed by atoms with Crippen molar-refractivity contribution < 1.29 is 14.2 Å². The minimum atomic E-state index is 0.291. The third-order valence-corrected chi connectivity index (χ3v) is 4.72. The molecule has 1 atom stereocenters. The first kappa shape index (κ1) is 21.5. The van der Waals surface area contributed by atoms with E-state index in [1.165, 1.54) is 18.4 Å². The Bertz CT molecular complexity index is 562. The van der Waals surface area contributed by atoms with Crippen LogP contribution in [-0.4, -0.2) is 78.1 Å². The number of hydrogen-bond donors (Lipinski definition) is 2. The van der Waals surface area contributed by atoms with E-state index < -0.39 is 0 Å². The zero-order valence-corrected chi connectivity index (χ0v) is 16.9. The van der Waals surface area contributed by atoms with Crippen LogP contribution in [0.25, 0.3) is 0 Å². The average Bonchev–Trinajstić information content (AvgIpc) is 3.23. The van der Waals surface area contributed by atoms with Crippen LogP contribution in [0.5, 0.6) is 5.75 Å². The summed E-state index contributed by atoms with van der Waals surface area (Å²) in [5.41, 5.74) is 1.27. The van der Waals surface area contributed by atoms with Crippen LogP contribution in [0, 0.1) is 0 Å². The van der Waals surface area contributed by atoms with Crippen LogP contribution >= 0.6 is 0 Å². The fraction of sp³-hybridized carbons (Fsp3) is 0.650. The fourth-order valence-electron chi connectivity index (χ4n) is 3.26. The quantitative estimate of drug-likeness (QED) is 0.347. The molecule has 1 aliphatic heterocycles. The molecule has 0 amide bonds. The summed E-state index contributed by atoms with van der Waals surface area (Å²) >= 11 is 0. The van der Waals surface area contributed by atoms with Gasteiger partial charge in [0.25, 0.3) is 0 Å². The first-order valence-electron chi connectivity index (χ1n) is 9.67. The molecule has 1 heterocycles. The lowest BCUT2D eigenvalue weighted by atomic mass is 10.1. The molecule has 0 radical (unpaired) electrons. The molecular weight excluding hydrogens is 344 g/mol. The average molecular weight is 379 g/mol. The van der Waals surface area contributed by atoms with Gasteiger partial charge in [-0.1, -0.05) is 12.1 Å². The molecule has 1 saturated heterocycles. The van der Waals surface area contributed by atoms with Gasteiger partial charge in [0.15, 0.2) is 5.96 Å². The van der Waals surface area contributed by atoms with E-state index in [4.69, 9.17) is 14.2 Å². The molecule has 1 aromatic carbocycles. The van der Waals surface area contributed by atoms with Crippen molar-refractivity contribution in [2.75, 3.05) is 67.3 Å². The Morgan fingerprint density at radius 2 is 1.96 bits per heavy atom. The molecule has 0 spiro atoms. The van der Waals surface area contributed by atoms with Gasteiger partial charge in [0.2, 0.25) is 0 Å². The maximum absolute atomic E-state index is 5.48. The fourth-order valence-corrected chi connectivity index (χ4v) is 3.26. The first-order chi connectivity index (χ1) is 13.3. The summed E-state index contributed by atoms with van der Waals surface area (Å²) in [6.07, 6.45) is 2.51. The number of benzene rings is 1. The Balaban J connectivity index is 1.88. The van der Waals surface area contributed by atoms with E-state index in [1.807, 2.05) is 6.07 Å².